The number of nitrogens with zero attached hydrogens (tertiary/aromatic N) is 1. The maximum absolute atomic E-state index is 11.8. The Bertz CT molecular complexity index is 679. The highest BCUT2D eigenvalue weighted by Gasteiger charge is 2.43. The van der Waals surface area contributed by atoms with E-state index in [1.54, 1.807) is 6.92 Å². The maximum atomic E-state index is 11.8. The summed E-state index contributed by atoms with van der Waals surface area (Å²) in [6, 6.07) is 0. The fraction of sp³-hybridized carbons (Fsp3) is 0.765. The lowest BCUT2D eigenvalue weighted by molar-refractivity contribution is -0.0176. The van der Waals surface area contributed by atoms with Gasteiger partial charge in [-0.2, -0.15) is 0 Å². The van der Waals surface area contributed by atoms with Crippen molar-refractivity contribution in [3.63, 3.8) is 0 Å². The third kappa shape index (κ3) is 5.37. The second kappa shape index (κ2) is 8.44. The standard InChI is InChI=1S/C17H33N3O4Si/c1-12(2)17(4,5)25(6,7)24-10-14(8-18)23-11-20-9-13(3)15(21)19-16(20)22/h9,12,14H,8,10-11,18H2,1-7H3,(H,19,21,22)/t14-/m1/s1. The van der Waals surface area contributed by atoms with Crippen LogP contribution in [0.4, 0.5) is 0 Å². The molecular weight excluding hydrogens is 338 g/mol. The monoisotopic (exact) mass is 371 g/mol. The number of nitrogens with two attached hydrogens (primary N) is 1. The lowest BCUT2D eigenvalue weighted by Crippen LogP contribution is -2.47. The van der Waals surface area contributed by atoms with Crippen LogP contribution in [0.5, 0.6) is 0 Å². The zero-order valence-electron chi connectivity index (χ0n) is 16.5. The molecule has 1 rings (SSSR count). The Balaban J connectivity index is 2.71. The first kappa shape index (κ1) is 21.8. The molecule has 0 radical (unpaired) electrons. The lowest BCUT2D eigenvalue weighted by atomic mass is 9.99. The molecule has 0 aliphatic heterocycles. The van der Waals surface area contributed by atoms with Gasteiger partial charge in [0.05, 0.1) is 12.7 Å². The number of hydrogen-bond donors (Lipinski definition) is 2. The molecule has 1 heterocycles. The van der Waals surface area contributed by atoms with E-state index >= 15 is 0 Å². The average Bonchev–Trinajstić information content (AvgIpc) is 2.51. The van der Waals surface area contributed by atoms with E-state index in [0.717, 1.165) is 0 Å². The van der Waals surface area contributed by atoms with Gasteiger partial charge in [-0.05, 0) is 31.0 Å². The molecule has 25 heavy (non-hydrogen) atoms. The minimum atomic E-state index is -1.96. The molecule has 1 aromatic rings. The van der Waals surface area contributed by atoms with E-state index in [-0.39, 0.29) is 23.4 Å². The normalized spacial score (nSPS) is 14.1. The fourth-order valence-electron chi connectivity index (χ4n) is 2.27. The van der Waals surface area contributed by atoms with Crippen LogP contribution < -0.4 is 17.0 Å². The molecule has 1 atom stereocenters. The number of aromatic amines is 1. The second-order valence-electron chi connectivity index (χ2n) is 7.89. The smallest absolute Gasteiger partial charge is 0.330 e. The van der Waals surface area contributed by atoms with E-state index < -0.39 is 14.0 Å². The summed E-state index contributed by atoms with van der Waals surface area (Å²) in [6.45, 7) is 15.7. The van der Waals surface area contributed by atoms with Crippen LogP contribution in [-0.2, 0) is 15.9 Å². The van der Waals surface area contributed by atoms with E-state index in [0.29, 0.717) is 24.6 Å². The molecule has 144 valence electrons. The van der Waals surface area contributed by atoms with Crippen LogP contribution in [-0.4, -0.2) is 37.1 Å². The van der Waals surface area contributed by atoms with Gasteiger partial charge in [-0.25, -0.2) is 4.79 Å². The van der Waals surface area contributed by atoms with Crippen LogP contribution in [0.3, 0.4) is 0 Å². The molecule has 0 fully saturated rings. The van der Waals surface area contributed by atoms with E-state index in [9.17, 15) is 9.59 Å². The van der Waals surface area contributed by atoms with Gasteiger partial charge in [0.15, 0.2) is 8.32 Å². The summed E-state index contributed by atoms with van der Waals surface area (Å²) in [5.41, 5.74) is 5.36. The highest BCUT2D eigenvalue weighted by molar-refractivity contribution is 6.74. The number of rotatable bonds is 9. The van der Waals surface area contributed by atoms with Crippen molar-refractivity contribution in [2.75, 3.05) is 13.2 Å². The molecule has 0 amide bonds. The molecule has 0 spiro atoms. The Morgan fingerprint density at radius 2 is 1.92 bits per heavy atom. The predicted octanol–water partition coefficient (Wildman–Crippen LogP) is 1.80. The minimum Gasteiger partial charge on any atom is -0.414 e. The highest BCUT2D eigenvalue weighted by atomic mass is 28.4. The first-order valence-electron chi connectivity index (χ1n) is 8.68. The van der Waals surface area contributed by atoms with E-state index in [1.165, 1.54) is 10.8 Å². The topological polar surface area (TPSA) is 99.3 Å². The number of ether oxygens (including phenoxy) is 1. The Kier molecular flexibility index (Phi) is 7.37. The van der Waals surface area contributed by atoms with Gasteiger partial charge in [0.25, 0.3) is 5.56 Å². The van der Waals surface area contributed by atoms with Crippen LogP contribution in [0.15, 0.2) is 15.8 Å². The van der Waals surface area contributed by atoms with Crippen molar-refractivity contribution in [2.45, 2.75) is 65.6 Å². The van der Waals surface area contributed by atoms with E-state index in [4.69, 9.17) is 14.9 Å². The van der Waals surface area contributed by atoms with Crippen LogP contribution in [0.1, 0.15) is 33.3 Å². The summed E-state index contributed by atoms with van der Waals surface area (Å²) in [6.07, 6.45) is 1.17. The van der Waals surface area contributed by atoms with Gasteiger partial charge in [-0.15, -0.1) is 0 Å². The number of nitrogens with one attached hydrogen (secondary N) is 1. The Morgan fingerprint density at radius 3 is 2.44 bits per heavy atom. The number of hydrogen-bond acceptors (Lipinski definition) is 5. The van der Waals surface area contributed by atoms with Gasteiger partial charge >= 0.3 is 5.69 Å². The summed E-state index contributed by atoms with van der Waals surface area (Å²) in [7, 11) is -1.96. The van der Waals surface area contributed by atoms with Crippen LogP contribution in [0.25, 0.3) is 0 Å². The van der Waals surface area contributed by atoms with Gasteiger partial charge in [0.1, 0.15) is 6.73 Å². The third-order valence-corrected chi connectivity index (χ3v) is 10.1. The van der Waals surface area contributed by atoms with Crippen LogP contribution in [0, 0.1) is 12.8 Å². The van der Waals surface area contributed by atoms with Crippen molar-refractivity contribution < 1.29 is 9.16 Å². The molecule has 0 unspecified atom stereocenters. The largest absolute Gasteiger partial charge is 0.414 e. The summed E-state index contributed by atoms with van der Waals surface area (Å²) in [5, 5.41) is 0.110. The zero-order chi connectivity index (χ0) is 19.4. The molecule has 0 aromatic carbocycles. The summed E-state index contributed by atoms with van der Waals surface area (Å²) in [4.78, 5) is 25.4. The predicted molar refractivity (Wildman–Crippen MR) is 102 cm³/mol. The molecule has 0 aliphatic rings. The average molecular weight is 372 g/mol. The van der Waals surface area contributed by atoms with Gasteiger partial charge in [0.2, 0.25) is 0 Å². The molecule has 3 N–H and O–H groups in total. The van der Waals surface area contributed by atoms with Crippen molar-refractivity contribution in [3.05, 3.63) is 32.6 Å². The molecule has 0 aliphatic carbocycles. The van der Waals surface area contributed by atoms with E-state index in [2.05, 4.69) is 45.8 Å². The SMILES string of the molecule is Cc1cn(CO[C@H](CN)CO[Si](C)(C)C(C)(C)C(C)C)c(=O)[nH]c1=O. The Hall–Kier alpha value is -1.22. The first-order valence-corrected chi connectivity index (χ1v) is 11.6. The molecule has 0 saturated heterocycles. The molecule has 7 nitrogen and oxygen atoms in total. The van der Waals surface area contributed by atoms with Gasteiger partial charge < -0.3 is 14.9 Å². The summed E-state index contributed by atoms with van der Waals surface area (Å²) >= 11 is 0. The van der Waals surface area contributed by atoms with Gasteiger partial charge in [0, 0.05) is 18.3 Å². The number of aryl methyl sites for hydroxylation is 1. The third-order valence-electron chi connectivity index (χ3n) is 5.53. The number of aromatic nitrogens is 2. The summed E-state index contributed by atoms with van der Waals surface area (Å²) < 4.78 is 13.3. The van der Waals surface area contributed by atoms with Gasteiger partial charge in [-0.3, -0.25) is 14.3 Å². The fourth-order valence-corrected chi connectivity index (χ4v) is 4.63. The highest BCUT2D eigenvalue weighted by Crippen LogP contribution is 2.44. The molecule has 0 saturated carbocycles. The first-order chi connectivity index (χ1) is 11.4. The van der Waals surface area contributed by atoms with Crippen molar-refractivity contribution >= 4 is 8.32 Å². The zero-order valence-corrected chi connectivity index (χ0v) is 17.5. The number of H-pyrrole nitrogens is 1. The van der Waals surface area contributed by atoms with Gasteiger partial charge in [-0.1, -0.05) is 27.7 Å². The molecular formula is C17H33N3O4Si. The van der Waals surface area contributed by atoms with Crippen molar-refractivity contribution in [2.24, 2.45) is 11.7 Å². The molecule has 1 aromatic heterocycles. The lowest BCUT2D eigenvalue weighted by Gasteiger charge is -2.43. The maximum Gasteiger partial charge on any atom is 0.330 e. The second-order valence-corrected chi connectivity index (χ2v) is 12.5. The van der Waals surface area contributed by atoms with Crippen molar-refractivity contribution in [1.29, 1.82) is 0 Å². The molecule has 8 heteroatoms. The molecule has 0 bridgehead atoms. The van der Waals surface area contributed by atoms with Crippen LogP contribution >= 0.6 is 0 Å². The Labute approximate surface area is 150 Å². The van der Waals surface area contributed by atoms with E-state index in [1.807, 2.05) is 0 Å². The van der Waals surface area contributed by atoms with Crippen LogP contribution in [0.2, 0.25) is 18.1 Å². The van der Waals surface area contributed by atoms with Crippen molar-refractivity contribution in [3.8, 4) is 0 Å². The quantitative estimate of drug-likeness (QED) is 0.645. The minimum absolute atomic E-state index is 0.0250. The summed E-state index contributed by atoms with van der Waals surface area (Å²) in [5.74, 6) is 0.508. The van der Waals surface area contributed by atoms with Crippen molar-refractivity contribution in [1.82, 2.24) is 9.55 Å². The Morgan fingerprint density at radius 1 is 1.32 bits per heavy atom.